The second-order valence-corrected chi connectivity index (χ2v) is 5.54. The van der Waals surface area contributed by atoms with Crippen LogP contribution in [0.2, 0.25) is 0 Å². The summed E-state index contributed by atoms with van der Waals surface area (Å²) >= 11 is 0. The molecule has 138 valence electrons. The quantitative estimate of drug-likeness (QED) is 0.854. The Labute approximate surface area is 151 Å². The van der Waals surface area contributed by atoms with Gasteiger partial charge in [0.05, 0.1) is 0 Å². The van der Waals surface area contributed by atoms with E-state index in [9.17, 15) is 13.2 Å². The van der Waals surface area contributed by atoms with E-state index >= 15 is 0 Å². The van der Waals surface area contributed by atoms with Crippen molar-refractivity contribution in [2.45, 2.75) is 25.1 Å². The number of nitrogens with one attached hydrogen (secondary N) is 1. The fourth-order valence-corrected chi connectivity index (χ4v) is 3.04. The number of hydrogen-bond donors (Lipinski definition) is 1. The van der Waals surface area contributed by atoms with Crippen molar-refractivity contribution in [3.05, 3.63) is 23.8 Å². The minimum atomic E-state index is -4.15. The van der Waals surface area contributed by atoms with Crippen LogP contribution in [-0.4, -0.2) is 44.0 Å². The van der Waals surface area contributed by atoms with Crippen LogP contribution < -0.4 is 14.8 Å². The van der Waals surface area contributed by atoms with Gasteiger partial charge in [-0.15, -0.1) is 24.8 Å². The SMILES string of the molecule is Cl.Cl.FC(F)(F)CC[C@@H](c1cccc2c1OCO2)N1CCNCC1. The fourth-order valence-electron chi connectivity index (χ4n) is 3.04. The zero-order chi connectivity index (χ0) is 15.6. The molecule has 1 atom stereocenters. The molecule has 2 aliphatic rings. The lowest BCUT2D eigenvalue weighted by molar-refractivity contribution is -0.138. The van der Waals surface area contributed by atoms with Crippen LogP contribution in [-0.2, 0) is 0 Å². The molecule has 0 amide bonds. The van der Waals surface area contributed by atoms with Crippen molar-refractivity contribution in [1.82, 2.24) is 10.2 Å². The molecular formula is C15H21Cl2F3N2O2. The van der Waals surface area contributed by atoms with Gasteiger partial charge in [-0.1, -0.05) is 12.1 Å². The number of alkyl halides is 3. The highest BCUT2D eigenvalue weighted by Crippen LogP contribution is 2.42. The molecule has 4 nitrogen and oxygen atoms in total. The topological polar surface area (TPSA) is 33.7 Å². The number of rotatable bonds is 4. The molecule has 9 heteroatoms. The molecule has 24 heavy (non-hydrogen) atoms. The van der Waals surface area contributed by atoms with Gasteiger partial charge in [-0.05, 0) is 12.5 Å². The summed E-state index contributed by atoms with van der Waals surface area (Å²) in [6.07, 6.45) is -4.92. The van der Waals surface area contributed by atoms with Crippen molar-refractivity contribution in [3.8, 4) is 11.5 Å². The first-order valence-corrected chi connectivity index (χ1v) is 7.44. The number of ether oxygens (including phenoxy) is 2. The number of piperazine rings is 1. The maximum atomic E-state index is 12.7. The molecule has 1 saturated heterocycles. The Morgan fingerprint density at radius 2 is 1.83 bits per heavy atom. The zero-order valence-electron chi connectivity index (χ0n) is 13.0. The summed E-state index contributed by atoms with van der Waals surface area (Å²) in [6, 6.07) is 5.13. The van der Waals surface area contributed by atoms with E-state index in [0.717, 1.165) is 31.7 Å². The molecule has 0 radical (unpaired) electrons. The fraction of sp³-hybridized carbons (Fsp3) is 0.600. The van der Waals surface area contributed by atoms with Crippen LogP contribution in [0.3, 0.4) is 0 Å². The molecule has 1 fully saturated rings. The Balaban J connectivity index is 0.00000144. The molecule has 2 heterocycles. The third-order valence-corrected chi connectivity index (χ3v) is 4.08. The van der Waals surface area contributed by atoms with Gasteiger partial charge < -0.3 is 14.8 Å². The van der Waals surface area contributed by atoms with E-state index in [0.29, 0.717) is 11.5 Å². The summed E-state index contributed by atoms with van der Waals surface area (Å²) in [5.41, 5.74) is 0.793. The highest BCUT2D eigenvalue weighted by Gasteiger charge is 2.33. The van der Waals surface area contributed by atoms with Gasteiger partial charge in [0, 0.05) is 44.2 Å². The van der Waals surface area contributed by atoms with Crippen LogP contribution >= 0.6 is 24.8 Å². The van der Waals surface area contributed by atoms with Crippen molar-refractivity contribution in [1.29, 1.82) is 0 Å². The van der Waals surface area contributed by atoms with Gasteiger partial charge in [-0.25, -0.2) is 0 Å². The minimum absolute atomic E-state index is 0. The summed E-state index contributed by atoms with van der Waals surface area (Å²) in [6.45, 7) is 3.16. The average molecular weight is 389 g/mol. The Bertz CT molecular complexity index is 526. The Hall–Kier alpha value is -0.890. The molecule has 0 saturated carbocycles. The minimum Gasteiger partial charge on any atom is -0.454 e. The number of nitrogens with zero attached hydrogens (tertiary/aromatic N) is 1. The monoisotopic (exact) mass is 388 g/mol. The van der Waals surface area contributed by atoms with Gasteiger partial charge in [-0.3, -0.25) is 4.90 Å². The Morgan fingerprint density at radius 1 is 1.12 bits per heavy atom. The Morgan fingerprint density at radius 3 is 2.50 bits per heavy atom. The standard InChI is InChI=1S/C15H19F3N2O2.2ClH/c16-15(17,18)5-4-12(20-8-6-19-7-9-20)11-2-1-3-13-14(11)22-10-21-13;;/h1-3,12,19H,4-10H2;2*1H/t12-;;/m0../s1. The molecule has 0 unspecified atom stereocenters. The van der Waals surface area contributed by atoms with E-state index in [2.05, 4.69) is 10.2 Å². The summed E-state index contributed by atoms with van der Waals surface area (Å²) in [5.74, 6) is 1.21. The lowest BCUT2D eigenvalue weighted by atomic mass is 9.98. The highest BCUT2D eigenvalue weighted by atomic mass is 35.5. The van der Waals surface area contributed by atoms with Crippen LogP contribution in [0.4, 0.5) is 13.2 Å². The van der Waals surface area contributed by atoms with Crippen molar-refractivity contribution >= 4 is 24.8 Å². The molecular weight excluding hydrogens is 368 g/mol. The molecule has 3 rings (SSSR count). The predicted molar refractivity (Wildman–Crippen MR) is 89.5 cm³/mol. The molecule has 0 bridgehead atoms. The molecule has 1 N–H and O–H groups in total. The number of para-hydroxylation sites is 1. The maximum Gasteiger partial charge on any atom is 0.389 e. The smallest absolute Gasteiger partial charge is 0.389 e. The van der Waals surface area contributed by atoms with Crippen LogP contribution in [0.25, 0.3) is 0 Å². The summed E-state index contributed by atoms with van der Waals surface area (Å²) in [4.78, 5) is 2.10. The maximum absolute atomic E-state index is 12.7. The van der Waals surface area contributed by atoms with Crippen LogP contribution in [0.1, 0.15) is 24.4 Å². The van der Waals surface area contributed by atoms with Gasteiger partial charge in [0.25, 0.3) is 0 Å². The van der Waals surface area contributed by atoms with E-state index in [4.69, 9.17) is 9.47 Å². The first-order valence-electron chi connectivity index (χ1n) is 7.44. The van der Waals surface area contributed by atoms with E-state index in [1.807, 2.05) is 12.1 Å². The van der Waals surface area contributed by atoms with Crippen molar-refractivity contribution in [2.24, 2.45) is 0 Å². The highest BCUT2D eigenvalue weighted by molar-refractivity contribution is 5.85. The van der Waals surface area contributed by atoms with E-state index in [1.54, 1.807) is 6.07 Å². The van der Waals surface area contributed by atoms with E-state index < -0.39 is 12.6 Å². The zero-order valence-corrected chi connectivity index (χ0v) is 14.6. The summed E-state index contributed by atoms with van der Waals surface area (Å²) in [7, 11) is 0. The average Bonchev–Trinajstić information content (AvgIpc) is 2.96. The predicted octanol–water partition coefficient (Wildman–Crippen LogP) is 3.55. The molecule has 2 aliphatic heterocycles. The van der Waals surface area contributed by atoms with Gasteiger partial charge in [0.2, 0.25) is 6.79 Å². The first kappa shape index (κ1) is 21.2. The molecule has 1 aromatic carbocycles. The third-order valence-electron chi connectivity index (χ3n) is 4.08. The first-order chi connectivity index (χ1) is 10.5. The summed E-state index contributed by atoms with van der Waals surface area (Å²) < 4.78 is 48.9. The van der Waals surface area contributed by atoms with Crippen LogP contribution in [0, 0.1) is 0 Å². The second-order valence-electron chi connectivity index (χ2n) is 5.54. The number of fused-ring (bicyclic) bond motifs is 1. The van der Waals surface area contributed by atoms with Gasteiger partial charge in [0.1, 0.15) is 0 Å². The molecule has 0 aromatic heterocycles. The molecule has 0 spiro atoms. The normalized spacial score (nSPS) is 18.5. The van der Waals surface area contributed by atoms with Crippen molar-refractivity contribution < 1.29 is 22.6 Å². The van der Waals surface area contributed by atoms with Gasteiger partial charge >= 0.3 is 6.18 Å². The largest absolute Gasteiger partial charge is 0.454 e. The van der Waals surface area contributed by atoms with Gasteiger partial charge in [0.15, 0.2) is 11.5 Å². The second kappa shape index (κ2) is 8.99. The van der Waals surface area contributed by atoms with Gasteiger partial charge in [-0.2, -0.15) is 13.2 Å². The third kappa shape index (κ3) is 5.05. The molecule has 1 aromatic rings. The van der Waals surface area contributed by atoms with Crippen LogP contribution in [0.5, 0.6) is 11.5 Å². The number of hydrogen-bond acceptors (Lipinski definition) is 4. The number of halogens is 5. The van der Waals surface area contributed by atoms with Crippen LogP contribution in [0.15, 0.2) is 18.2 Å². The molecule has 0 aliphatic carbocycles. The number of benzene rings is 1. The van der Waals surface area contributed by atoms with Crippen molar-refractivity contribution in [3.63, 3.8) is 0 Å². The lowest BCUT2D eigenvalue weighted by Crippen LogP contribution is -2.45. The van der Waals surface area contributed by atoms with E-state index in [1.165, 1.54) is 0 Å². The van der Waals surface area contributed by atoms with E-state index in [-0.39, 0.29) is 44.1 Å². The lowest BCUT2D eigenvalue weighted by Gasteiger charge is -2.35. The van der Waals surface area contributed by atoms with Crippen molar-refractivity contribution in [2.75, 3.05) is 33.0 Å². The Kier molecular flexibility index (Phi) is 7.92. The summed E-state index contributed by atoms with van der Waals surface area (Å²) in [5, 5.41) is 3.23.